The van der Waals surface area contributed by atoms with Gasteiger partial charge in [0, 0.05) is 29.4 Å². The van der Waals surface area contributed by atoms with Crippen LogP contribution in [0.3, 0.4) is 0 Å². The number of anilines is 1. The average molecular weight is 337 g/mol. The van der Waals surface area contributed by atoms with Crippen LogP contribution in [0, 0.1) is 0 Å². The third-order valence-corrected chi connectivity index (χ3v) is 4.92. The van der Waals surface area contributed by atoms with Crippen molar-refractivity contribution < 1.29 is 4.79 Å². The van der Waals surface area contributed by atoms with Crippen molar-refractivity contribution in [2.24, 2.45) is 5.73 Å². The molecular formula is C19H23N5O. The molecule has 2 aromatic rings. The number of fused-ring (bicyclic) bond motifs is 2. The first-order chi connectivity index (χ1) is 11.8. The van der Waals surface area contributed by atoms with Crippen LogP contribution >= 0.6 is 0 Å². The maximum Gasteiger partial charge on any atom is 0.252 e. The van der Waals surface area contributed by atoms with Gasteiger partial charge in [0.2, 0.25) is 0 Å². The van der Waals surface area contributed by atoms with Gasteiger partial charge >= 0.3 is 0 Å². The Kier molecular flexibility index (Phi) is 3.52. The first-order valence-corrected chi connectivity index (χ1v) is 8.76. The molecule has 6 heteroatoms. The number of aryl methyl sites for hydroxylation is 2. The molecule has 0 saturated heterocycles. The molecule has 25 heavy (non-hydrogen) atoms. The van der Waals surface area contributed by atoms with Crippen LogP contribution in [0.2, 0.25) is 0 Å². The number of aromatic nitrogens is 3. The number of pyridine rings is 1. The third kappa shape index (κ3) is 2.75. The first kappa shape index (κ1) is 16.0. The average Bonchev–Trinajstić information content (AvgIpc) is 3.17. The SMILES string of the molecule is CC(C)(C)c1ncc2c(n1)CN(c1nc3c(cc1C(N)=O)CCC3)C2. The summed E-state index contributed by atoms with van der Waals surface area (Å²) >= 11 is 0. The Labute approximate surface area is 147 Å². The van der Waals surface area contributed by atoms with E-state index >= 15 is 0 Å². The van der Waals surface area contributed by atoms with E-state index in [1.54, 1.807) is 0 Å². The summed E-state index contributed by atoms with van der Waals surface area (Å²) < 4.78 is 0. The molecule has 0 atom stereocenters. The van der Waals surface area contributed by atoms with Gasteiger partial charge in [0.15, 0.2) is 0 Å². The van der Waals surface area contributed by atoms with E-state index in [4.69, 9.17) is 15.7 Å². The molecule has 2 aromatic heterocycles. The van der Waals surface area contributed by atoms with Crippen molar-refractivity contribution in [3.63, 3.8) is 0 Å². The van der Waals surface area contributed by atoms with Crippen molar-refractivity contribution in [3.05, 3.63) is 46.2 Å². The summed E-state index contributed by atoms with van der Waals surface area (Å²) in [6, 6.07) is 1.93. The monoisotopic (exact) mass is 337 g/mol. The molecule has 2 aliphatic rings. The van der Waals surface area contributed by atoms with E-state index in [1.165, 1.54) is 0 Å². The van der Waals surface area contributed by atoms with E-state index in [-0.39, 0.29) is 5.41 Å². The summed E-state index contributed by atoms with van der Waals surface area (Å²) in [7, 11) is 0. The highest BCUT2D eigenvalue weighted by Crippen LogP contribution is 2.32. The zero-order valence-corrected chi connectivity index (χ0v) is 15.0. The number of primary amides is 1. The van der Waals surface area contributed by atoms with Gasteiger partial charge in [-0.25, -0.2) is 15.0 Å². The minimum absolute atomic E-state index is 0.0906. The molecule has 2 N–H and O–H groups in total. The van der Waals surface area contributed by atoms with Crippen LogP contribution in [-0.2, 0) is 31.3 Å². The van der Waals surface area contributed by atoms with Crippen molar-refractivity contribution in [2.75, 3.05) is 4.90 Å². The van der Waals surface area contributed by atoms with Crippen LogP contribution in [0.1, 0.15) is 65.9 Å². The largest absolute Gasteiger partial charge is 0.365 e. The van der Waals surface area contributed by atoms with Gasteiger partial charge in [-0.15, -0.1) is 0 Å². The predicted octanol–water partition coefficient (Wildman–Crippen LogP) is 2.28. The summed E-state index contributed by atoms with van der Waals surface area (Å²) in [6.45, 7) is 7.61. The fourth-order valence-electron chi connectivity index (χ4n) is 3.55. The molecule has 0 unspecified atom stereocenters. The molecule has 3 heterocycles. The Morgan fingerprint density at radius 1 is 1.12 bits per heavy atom. The molecule has 0 fully saturated rings. The lowest BCUT2D eigenvalue weighted by atomic mass is 9.95. The Morgan fingerprint density at radius 3 is 2.64 bits per heavy atom. The van der Waals surface area contributed by atoms with Crippen molar-refractivity contribution >= 4 is 11.7 Å². The highest BCUT2D eigenvalue weighted by Gasteiger charge is 2.29. The standard InChI is InChI=1S/C19H23N5O/c1-19(2,3)18-21-8-12-9-24(10-15(12)23-18)17-13(16(20)25)7-11-5-4-6-14(11)22-17/h7-8H,4-6,9-10H2,1-3H3,(H2,20,25). The van der Waals surface area contributed by atoms with E-state index in [1.807, 2.05) is 12.3 Å². The van der Waals surface area contributed by atoms with Crippen LogP contribution in [-0.4, -0.2) is 20.9 Å². The molecule has 1 aliphatic carbocycles. The fraction of sp³-hybridized carbons (Fsp3) is 0.474. The lowest BCUT2D eigenvalue weighted by Gasteiger charge is -2.20. The predicted molar refractivity (Wildman–Crippen MR) is 95.4 cm³/mol. The summed E-state index contributed by atoms with van der Waals surface area (Å²) in [5, 5.41) is 0. The molecule has 1 amide bonds. The number of nitrogens with zero attached hydrogens (tertiary/aromatic N) is 4. The normalized spacial score (nSPS) is 16.0. The maximum atomic E-state index is 12.0. The number of nitrogens with two attached hydrogens (primary N) is 1. The zero-order valence-electron chi connectivity index (χ0n) is 15.0. The molecule has 0 bridgehead atoms. The Morgan fingerprint density at radius 2 is 1.92 bits per heavy atom. The van der Waals surface area contributed by atoms with E-state index in [0.717, 1.165) is 47.6 Å². The minimum Gasteiger partial charge on any atom is -0.365 e. The van der Waals surface area contributed by atoms with E-state index in [9.17, 15) is 4.79 Å². The molecule has 130 valence electrons. The number of carbonyl (C=O) groups excluding carboxylic acids is 1. The number of hydrogen-bond acceptors (Lipinski definition) is 5. The lowest BCUT2D eigenvalue weighted by Crippen LogP contribution is -2.23. The lowest BCUT2D eigenvalue weighted by molar-refractivity contribution is 0.100. The van der Waals surface area contributed by atoms with E-state index in [0.29, 0.717) is 24.5 Å². The molecule has 6 nitrogen and oxygen atoms in total. The maximum absolute atomic E-state index is 12.0. The number of rotatable bonds is 2. The molecule has 0 radical (unpaired) electrons. The molecule has 1 aliphatic heterocycles. The van der Waals surface area contributed by atoms with E-state index in [2.05, 4.69) is 30.7 Å². The van der Waals surface area contributed by atoms with Crippen LogP contribution < -0.4 is 10.6 Å². The fourth-order valence-corrected chi connectivity index (χ4v) is 3.55. The van der Waals surface area contributed by atoms with Crippen LogP contribution in [0.4, 0.5) is 5.82 Å². The van der Waals surface area contributed by atoms with Crippen molar-refractivity contribution in [3.8, 4) is 0 Å². The third-order valence-electron chi connectivity index (χ3n) is 4.92. The smallest absolute Gasteiger partial charge is 0.252 e. The topological polar surface area (TPSA) is 85.0 Å². The number of hydrogen-bond donors (Lipinski definition) is 1. The second-order valence-corrected chi connectivity index (χ2v) is 7.95. The van der Waals surface area contributed by atoms with Crippen LogP contribution in [0.15, 0.2) is 12.3 Å². The highest BCUT2D eigenvalue weighted by atomic mass is 16.1. The van der Waals surface area contributed by atoms with Crippen molar-refractivity contribution in [1.29, 1.82) is 0 Å². The Hall–Kier alpha value is -2.50. The van der Waals surface area contributed by atoms with Gasteiger partial charge in [-0.05, 0) is 30.9 Å². The van der Waals surface area contributed by atoms with Crippen LogP contribution in [0.5, 0.6) is 0 Å². The first-order valence-electron chi connectivity index (χ1n) is 8.76. The van der Waals surface area contributed by atoms with Gasteiger partial charge in [0.25, 0.3) is 5.91 Å². The molecule has 0 spiro atoms. The van der Waals surface area contributed by atoms with Gasteiger partial charge in [0.05, 0.1) is 17.8 Å². The summed E-state index contributed by atoms with van der Waals surface area (Å²) in [5.41, 5.74) is 10.4. The molecule has 4 rings (SSSR count). The second kappa shape index (κ2) is 5.51. The quantitative estimate of drug-likeness (QED) is 0.909. The summed E-state index contributed by atoms with van der Waals surface area (Å²) in [6.07, 6.45) is 4.94. The van der Waals surface area contributed by atoms with Gasteiger partial charge in [0.1, 0.15) is 11.6 Å². The highest BCUT2D eigenvalue weighted by molar-refractivity contribution is 5.98. The second-order valence-electron chi connectivity index (χ2n) is 7.95. The number of amides is 1. The van der Waals surface area contributed by atoms with Gasteiger partial charge in [-0.1, -0.05) is 20.8 Å². The molecule has 0 aromatic carbocycles. The molecular weight excluding hydrogens is 314 g/mol. The zero-order chi connectivity index (χ0) is 17.8. The van der Waals surface area contributed by atoms with Gasteiger partial charge in [-0.2, -0.15) is 0 Å². The van der Waals surface area contributed by atoms with Crippen molar-refractivity contribution in [1.82, 2.24) is 15.0 Å². The van der Waals surface area contributed by atoms with Gasteiger partial charge in [-0.3, -0.25) is 4.79 Å². The summed E-state index contributed by atoms with van der Waals surface area (Å²) in [5.74, 6) is 1.10. The van der Waals surface area contributed by atoms with E-state index < -0.39 is 5.91 Å². The summed E-state index contributed by atoms with van der Waals surface area (Å²) in [4.78, 5) is 28.1. The van der Waals surface area contributed by atoms with Crippen molar-refractivity contribution in [2.45, 2.75) is 58.5 Å². The van der Waals surface area contributed by atoms with Gasteiger partial charge < -0.3 is 10.6 Å². The Bertz CT molecular complexity index is 869. The Balaban J connectivity index is 1.71. The minimum atomic E-state index is -0.422. The molecule has 0 saturated carbocycles. The number of carbonyl (C=O) groups is 1. The van der Waals surface area contributed by atoms with Crippen LogP contribution in [0.25, 0.3) is 0 Å².